The van der Waals surface area contributed by atoms with E-state index in [1.165, 1.54) is 18.2 Å². The molecule has 0 saturated carbocycles. The van der Waals surface area contributed by atoms with E-state index in [0.717, 1.165) is 0 Å². The molecule has 3 rings (SSSR count). The second-order valence-electron chi connectivity index (χ2n) is 4.91. The molecule has 0 atom stereocenters. The standard InChI is InChI=1S/C18H14O6/c1-2-22-18(21)17-16(23-12-6-4-3-5-7-12)15(20)13-9-8-11(19)10-14(13)24-17/h3-10,19H,2H2,1H3. The van der Waals surface area contributed by atoms with Crippen LogP contribution in [0.1, 0.15) is 17.5 Å². The molecule has 3 aromatic rings. The van der Waals surface area contributed by atoms with Gasteiger partial charge < -0.3 is 19.0 Å². The molecule has 0 amide bonds. The molecule has 0 radical (unpaired) electrons. The highest BCUT2D eigenvalue weighted by molar-refractivity contribution is 5.92. The van der Waals surface area contributed by atoms with Crippen LogP contribution in [-0.4, -0.2) is 17.7 Å². The van der Waals surface area contributed by atoms with Crippen molar-refractivity contribution in [2.45, 2.75) is 6.92 Å². The Kier molecular flexibility index (Phi) is 4.20. The number of ether oxygens (including phenoxy) is 2. The van der Waals surface area contributed by atoms with Crippen LogP contribution in [0.2, 0.25) is 0 Å². The average molecular weight is 326 g/mol. The number of phenols is 1. The van der Waals surface area contributed by atoms with Crippen molar-refractivity contribution in [2.24, 2.45) is 0 Å². The van der Waals surface area contributed by atoms with Crippen LogP contribution in [0.15, 0.2) is 57.7 Å². The number of phenolic OH excluding ortho intramolecular Hbond substituents is 1. The fraction of sp³-hybridized carbons (Fsp3) is 0.111. The third kappa shape index (κ3) is 2.94. The molecule has 24 heavy (non-hydrogen) atoms. The van der Waals surface area contributed by atoms with Crippen LogP contribution in [0.4, 0.5) is 0 Å². The van der Waals surface area contributed by atoms with E-state index in [9.17, 15) is 14.7 Å². The topological polar surface area (TPSA) is 86.0 Å². The van der Waals surface area contributed by atoms with Gasteiger partial charge in [-0.25, -0.2) is 4.79 Å². The maximum Gasteiger partial charge on any atom is 0.378 e. The van der Waals surface area contributed by atoms with Gasteiger partial charge in [-0.15, -0.1) is 0 Å². The van der Waals surface area contributed by atoms with Gasteiger partial charge in [0.2, 0.25) is 11.2 Å². The molecule has 0 aliphatic heterocycles. The molecule has 6 heteroatoms. The van der Waals surface area contributed by atoms with Gasteiger partial charge in [-0.3, -0.25) is 4.79 Å². The minimum absolute atomic E-state index is 0.0727. The van der Waals surface area contributed by atoms with E-state index in [1.807, 2.05) is 0 Å². The van der Waals surface area contributed by atoms with Gasteiger partial charge in [-0.2, -0.15) is 0 Å². The normalized spacial score (nSPS) is 10.5. The van der Waals surface area contributed by atoms with Crippen molar-refractivity contribution in [3.05, 3.63) is 64.5 Å². The first-order valence-electron chi connectivity index (χ1n) is 7.30. The Hall–Kier alpha value is -3.28. The largest absolute Gasteiger partial charge is 0.508 e. The van der Waals surface area contributed by atoms with Crippen molar-refractivity contribution in [3.63, 3.8) is 0 Å². The molecule has 0 unspecified atom stereocenters. The number of carbonyl (C=O) groups excluding carboxylic acids is 1. The summed E-state index contributed by atoms with van der Waals surface area (Å²) in [7, 11) is 0. The van der Waals surface area contributed by atoms with Crippen LogP contribution < -0.4 is 10.2 Å². The van der Waals surface area contributed by atoms with Gasteiger partial charge in [0.1, 0.15) is 17.1 Å². The summed E-state index contributed by atoms with van der Waals surface area (Å²) in [5.74, 6) is -1.11. The van der Waals surface area contributed by atoms with E-state index in [1.54, 1.807) is 37.3 Å². The van der Waals surface area contributed by atoms with Crippen LogP contribution in [0.5, 0.6) is 17.2 Å². The first-order chi connectivity index (χ1) is 11.6. The summed E-state index contributed by atoms with van der Waals surface area (Å²) in [6.45, 7) is 1.76. The summed E-state index contributed by atoms with van der Waals surface area (Å²) < 4.78 is 16.0. The summed E-state index contributed by atoms with van der Waals surface area (Å²) in [6, 6.07) is 12.6. The smallest absolute Gasteiger partial charge is 0.378 e. The van der Waals surface area contributed by atoms with Crippen LogP contribution in [0, 0.1) is 0 Å². The number of hydrogen-bond acceptors (Lipinski definition) is 6. The quantitative estimate of drug-likeness (QED) is 0.739. The second-order valence-corrected chi connectivity index (χ2v) is 4.91. The Morgan fingerprint density at radius 1 is 1.17 bits per heavy atom. The second kappa shape index (κ2) is 6.45. The zero-order valence-electron chi connectivity index (χ0n) is 12.8. The number of esters is 1. The van der Waals surface area contributed by atoms with Gasteiger partial charge in [-0.05, 0) is 31.2 Å². The van der Waals surface area contributed by atoms with Crippen molar-refractivity contribution in [1.29, 1.82) is 0 Å². The summed E-state index contributed by atoms with van der Waals surface area (Å²) in [4.78, 5) is 24.8. The zero-order valence-corrected chi connectivity index (χ0v) is 12.8. The van der Waals surface area contributed by atoms with Crippen LogP contribution in [0.3, 0.4) is 0 Å². The number of benzene rings is 2. The maximum atomic E-state index is 12.7. The van der Waals surface area contributed by atoms with Gasteiger partial charge in [0.05, 0.1) is 12.0 Å². The van der Waals surface area contributed by atoms with Crippen LogP contribution in [0.25, 0.3) is 11.0 Å². The highest BCUT2D eigenvalue weighted by Gasteiger charge is 2.24. The summed E-state index contributed by atoms with van der Waals surface area (Å²) >= 11 is 0. The van der Waals surface area contributed by atoms with Crippen molar-refractivity contribution in [1.82, 2.24) is 0 Å². The lowest BCUT2D eigenvalue weighted by Gasteiger charge is -2.10. The predicted molar refractivity (Wildman–Crippen MR) is 86.6 cm³/mol. The molecule has 0 spiro atoms. The van der Waals surface area contributed by atoms with E-state index >= 15 is 0 Å². The molecule has 0 aliphatic rings. The third-order valence-electron chi connectivity index (χ3n) is 3.26. The SMILES string of the molecule is CCOC(=O)c1oc2cc(O)ccc2c(=O)c1Oc1ccccc1. The van der Waals surface area contributed by atoms with Crippen molar-refractivity contribution >= 4 is 16.9 Å². The lowest BCUT2D eigenvalue weighted by molar-refractivity contribution is 0.0486. The minimum Gasteiger partial charge on any atom is -0.508 e. The zero-order chi connectivity index (χ0) is 17.1. The van der Waals surface area contributed by atoms with Gasteiger partial charge >= 0.3 is 5.97 Å². The van der Waals surface area contributed by atoms with Gasteiger partial charge in [-0.1, -0.05) is 18.2 Å². The Bertz CT molecular complexity index is 943. The minimum atomic E-state index is -0.814. The Balaban J connectivity index is 2.22. The highest BCUT2D eigenvalue weighted by Crippen LogP contribution is 2.28. The molecular formula is C18H14O6. The molecule has 0 fully saturated rings. The lowest BCUT2D eigenvalue weighted by Crippen LogP contribution is -2.14. The molecule has 6 nitrogen and oxygen atoms in total. The van der Waals surface area contributed by atoms with Gasteiger partial charge in [0, 0.05) is 6.07 Å². The average Bonchev–Trinajstić information content (AvgIpc) is 2.58. The number of hydrogen-bond donors (Lipinski definition) is 1. The molecule has 0 saturated heterocycles. The number of para-hydroxylation sites is 1. The van der Waals surface area contributed by atoms with E-state index in [2.05, 4.69) is 0 Å². The van der Waals surface area contributed by atoms with Gasteiger partial charge in [0.25, 0.3) is 5.76 Å². The number of carbonyl (C=O) groups is 1. The molecule has 1 aromatic heterocycles. The summed E-state index contributed by atoms with van der Waals surface area (Å²) in [5, 5.41) is 9.74. The number of fused-ring (bicyclic) bond motifs is 1. The summed E-state index contributed by atoms with van der Waals surface area (Å²) in [6.07, 6.45) is 0. The van der Waals surface area contributed by atoms with Crippen molar-refractivity contribution < 1.29 is 23.8 Å². The predicted octanol–water partition coefficient (Wildman–Crippen LogP) is 3.47. The van der Waals surface area contributed by atoms with Gasteiger partial charge in [0.15, 0.2) is 0 Å². The van der Waals surface area contributed by atoms with Crippen LogP contribution >= 0.6 is 0 Å². The van der Waals surface area contributed by atoms with Crippen molar-refractivity contribution in [2.75, 3.05) is 6.61 Å². The third-order valence-corrected chi connectivity index (χ3v) is 3.26. The van der Waals surface area contributed by atoms with Crippen LogP contribution in [-0.2, 0) is 4.74 Å². The van der Waals surface area contributed by atoms with E-state index in [0.29, 0.717) is 5.75 Å². The van der Waals surface area contributed by atoms with Crippen molar-refractivity contribution in [3.8, 4) is 17.2 Å². The van der Waals surface area contributed by atoms with E-state index in [-0.39, 0.29) is 34.8 Å². The molecule has 0 bridgehead atoms. The Labute approximate surface area is 136 Å². The molecule has 2 aromatic carbocycles. The first kappa shape index (κ1) is 15.6. The van der Waals surface area contributed by atoms with E-state index in [4.69, 9.17) is 13.9 Å². The molecule has 1 heterocycles. The Morgan fingerprint density at radius 3 is 2.62 bits per heavy atom. The first-order valence-corrected chi connectivity index (χ1v) is 7.30. The van der Waals surface area contributed by atoms with E-state index < -0.39 is 11.4 Å². The number of aromatic hydroxyl groups is 1. The fourth-order valence-corrected chi connectivity index (χ4v) is 2.19. The Morgan fingerprint density at radius 2 is 1.92 bits per heavy atom. The number of rotatable bonds is 4. The highest BCUT2D eigenvalue weighted by atomic mass is 16.6. The fourth-order valence-electron chi connectivity index (χ4n) is 2.19. The monoisotopic (exact) mass is 326 g/mol. The molecule has 1 N–H and O–H groups in total. The molecule has 122 valence electrons. The summed E-state index contributed by atoms with van der Waals surface area (Å²) in [5.41, 5.74) is -0.452. The lowest BCUT2D eigenvalue weighted by atomic mass is 10.2. The molecular weight excluding hydrogens is 312 g/mol. The maximum absolute atomic E-state index is 12.7. The molecule has 0 aliphatic carbocycles.